The predicted octanol–water partition coefficient (Wildman–Crippen LogP) is 2.84. The van der Waals surface area contributed by atoms with Crippen molar-refractivity contribution in [3.63, 3.8) is 0 Å². The fraction of sp³-hybridized carbons (Fsp3) is 0.231. The number of ether oxygens (including phenoxy) is 1. The van der Waals surface area contributed by atoms with Crippen molar-refractivity contribution < 1.29 is 4.74 Å². The molecule has 4 heteroatoms. The zero-order chi connectivity index (χ0) is 11.9. The summed E-state index contributed by atoms with van der Waals surface area (Å²) in [5, 5.41) is 0. The maximum Gasteiger partial charge on any atom is 0.122 e. The Morgan fingerprint density at radius 1 is 1.06 bits per heavy atom. The first-order valence-corrected chi connectivity index (χ1v) is 5.95. The van der Waals surface area contributed by atoms with Crippen LogP contribution >= 0.6 is 11.6 Å². The molecular formula is C13H13ClN2O. The van der Waals surface area contributed by atoms with Gasteiger partial charge in [-0.3, -0.25) is 9.97 Å². The standard InChI is InChI=1S/C13H13ClN2O/c14-10-12-9-13(4-7-16-12)17-8-5-11-3-1-2-6-15-11/h1-4,6-7,9H,5,8,10H2. The molecular weight excluding hydrogens is 236 g/mol. The SMILES string of the molecule is ClCc1cc(OCCc2ccccn2)ccn1. The lowest BCUT2D eigenvalue weighted by Crippen LogP contribution is -2.03. The normalized spacial score (nSPS) is 10.2. The summed E-state index contributed by atoms with van der Waals surface area (Å²) in [4.78, 5) is 8.33. The molecule has 0 aromatic carbocycles. The Morgan fingerprint density at radius 2 is 1.94 bits per heavy atom. The third-order valence-electron chi connectivity index (χ3n) is 2.28. The van der Waals surface area contributed by atoms with Crippen LogP contribution in [-0.4, -0.2) is 16.6 Å². The molecule has 17 heavy (non-hydrogen) atoms. The molecule has 0 bridgehead atoms. The molecule has 2 heterocycles. The van der Waals surface area contributed by atoms with E-state index in [0.717, 1.165) is 23.6 Å². The minimum absolute atomic E-state index is 0.400. The molecule has 0 aliphatic rings. The highest BCUT2D eigenvalue weighted by Crippen LogP contribution is 2.12. The Kier molecular flexibility index (Phi) is 4.33. The quantitative estimate of drug-likeness (QED) is 0.764. The summed E-state index contributed by atoms with van der Waals surface area (Å²) in [5.41, 5.74) is 1.85. The van der Waals surface area contributed by atoms with Crippen LogP contribution in [0.15, 0.2) is 42.7 Å². The molecule has 0 aliphatic heterocycles. The molecule has 0 radical (unpaired) electrons. The molecule has 3 nitrogen and oxygen atoms in total. The Labute approximate surface area is 105 Å². The second-order valence-corrected chi connectivity index (χ2v) is 3.80. The van der Waals surface area contributed by atoms with Crippen molar-refractivity contribution in [3.05, 3.63) is 54.1 Å². The van der Waals surface area contributed by atoms with Gasteiger partial charge < -0.3 is 4.74 Å². The van der Waals surface area contributed by atoms with E-state index in [1.165, 1.54) is 0 Å². The van der Waals surface area contributed by atoms with Crippen molar-refractivity contribution in [3.8, 4) is 5.75 Å². The van der Waals surface area contributed by atoms with E-state index >= 15 is 0 Å². The number of halogens is 1. The number of nitrogens with zero attached hydrogens (tertiary/aromatic N) is 2. The van der Waals surface area contributed by atoms with Crippen LogP contribution in [0.5, 0.6) is 5.75 Å². The van der Waals surface area contributed by atoms with E-state index in [1.807, 2.05) is 30.3 Å². The van der Waals surface area contributed by atoms with Crippen molar-refractivity contribution in [1.82, 2.24) is 9.97 Å². The van der Waals surface area contributed by atoms with Crippen LogP contribution in [-0.2, 0) is 12.3 Å². The van der Waals surface area contributed by atoms with Gasteiger partial charge in [0.25, 0.3) is 0 Å². The minimum Gasteiger partial charge on any atom is -0.493 e. The van der Waals surface area contributed by atoms with Crippen LogP contribution in [0.4, 0.5) is 0 Å². The number of hydrogen-bond donors (Lipinski definition) is 0. The van der Waals surface area contributed by atoms with Gasteiger partial charge >= 0.3 is 0 Å². The average Bonchev–Trinajstić information content (AvgIpc) is 2.40. The van der Waals surface area contributed by atoms with Crippen molar-refractivity contribution in [2.75, 3.05) is 6.61 Å². The maximum atomic E-state index is 5.70. The summed E-state index contributed by atoms with van der Waals surface area (Å²) in [7, 11) is 0. The Balaban J connectivity index is 1.86. The van der Waals surface area contributed by atoms with Crippen LogP contribution < -0.4 is 4.74 Å². The third-order valence-corrected chi connectivity index (χ3v) is 2.55. The molecule has 2 aromatic heterocycles. The lowest BCUT2D eigenvalue weighted by atomic mass is 10.3. The van der Waals surface area contributed by atoms with Crippen LogP contribution in [0.2, 0.25) is 0 Å². The van der Waals surface area contributed by atoms with Gasteiger partial charge in [0.15, 0.2) is 0 Å². The zero-order valence-corrected chi connectivity index (χ0v) is 10.1. The van der Waals surface area contributed by atoms with Gasteiger partial charge in [0, 0.05) is 30.6 Å². The molecule has 0 N–H and O–H groups in total. The first-order chi connectivity index (χ1) is 8.38. The Morgan fingerprint density at radius 3 is 2.71 bits per heavy atom. The topological polar surface area (TPSA) is 35.0 Å². The molecule has 0 spiro atoms. The van der Waals surface area contributed by atoms with Crippen LogP contribution in [0.25, 0.3) is 0 Å². The summed E-state index contributed by atoms with van der Waals surface area (Å²) in [5.74, 6) is 1.20. The minimum atomic E-state index is 0.400. The van der Waals surface area contributed by atoms with E-state index in [2.05, 4.69) is 9.97 Å². The number of pyridine rings is 2. The summed E-state index contributed by atoms with van der Waals surface area (Å²) >= 11 is 5.70. The van der Waals surface area contributed by atoms with Crippen molar-refractivity contribution in [1.29, 1.82) is 0 Å². The zero-order valence-electron chi connectivity index (χ0n) is 9.34. The van der Waals surface area contributed by atoms with Gasteiger partial charge in [-0.25, -0.2) is 0 Å². The van der Waals surface area contributed by atoms with Gasteiger partial charge in [-0.05, 0) is 18.2 Å². The molecule has 0 amide bonds. The van der Waals surface area contributed by atoms with Gasteiger partial charge in [0.05, 0.1) is 18.2 Å². The first-order valence-electron chi connectivity index (χ1n) is 5.42. The second-order valence-electron chi connectivity index (χ2n) is 3.54. The molecule has 0 aliphatic carbocycles. The van der Waals surface area contributed by atoms with E-state index < -0.39 is 0 Å². The van der Waals surface area contributed by atoms with Gasteiger partial charge in [-0.1, -0.05) is 6.07 Å². The van der Waals surface area contributed by atoms with Crippen molar-refractivity contribution >= 4 is 11.6 Å². The van der Waals surface area contributed by atoms with E-state index in [9.17, 15) is 0 Å². The summed E-state index contributed by atoms with van der Waals surface area (Å²) in [6, 6.07) is 9.54. The predicted molar refractivity (Wildman–Crippen MR) is 67.2 cm³/mol. The van der Waals surface area contributed by atoms with Crippen LogP contribution in [0.1, 0.15) is 11.4 Å². The number of rotatable bonds is 5. The van der Waals surface area contributed by atoms with Crippen molar-refractivity contribution in [2.24, 2.45) is 0 Å². The molecule has 2 rings (SSSR count). The molecule has 2 aromatic rings. The Hall–Kier alpha value is -1.61. The molecule has 0 saturated heterocycles. The van der Waals surface area contributed by atoms with Crippen LogP contribution in [0.3, 0.4) is 0 Å². The summed E-state index contributed by atoms with van der Waals surface area (Å²) in [6.45, 7) is 0.600. The van der Waals surface area contributed by atoms with E-state index in [0.29, 0.717) is 12.5 Å². The summed E-state index contributed by atoms with van der Waals surface area (Å²) in [6.07, 6.45) is 4.28. The van der Waals surface area contributed by atoms with Gasteiger partial charge in [0.2, 0.25) is 0 Å². The summed E-state index contributed by atoms with van der Waals surface area (Å²) < 4.78 is 5.61. The lowest BCUT2D eigenvalue weighted by molar-refractivity contribution is 0.320. The molecule has 0 fully saturated rings. The first kappa shape index (κ1) is 11.9. The van der Waals surface area contributed by atoms with E-state index in [-0.39, 0.29) is 0 Å². The van der Waals surface area contributed by atoms with E-state index in [4.69, 9.17) is 16.3 Å². The number of aromatic nitrogens is 2. The maximum absolute atomic E-state index is 5.70. The fourth-order valence-corrected chi connectivity index (χ4v) is 1.58. The van der Waals surface area contributed by atoms with Crippen molar-refractivity contribution in [2.45, 2.75) is 12.3 Å². The van der Waals surface area contributed by atoms with Gasteiger partial charge in [-0.15, -0.1) is 11.6 Å². The van der Waals surface area contributed by atoms with Gasteiger partial charge in [-0.2, -0.15) is 0 Å². The smallest absolute Gasteiger partial charge is 0.122 e. The highest BCUT2D eigenvalue weighted by atomic mass is 35.5. The number of alkyl halides is 1. The highest BCUT2D eigenvalue weighted by molar-refractivity contribution is 6.16. The number of hydrogen-bond acceptors (Lipinski definition) is 3. The third kappa shape index (κ3) is 3.71. The van der Waals surface area contributed by atoms with Gasteiger partial charge in [0.1, 0.15) is 5.75 Å². The average molecular weight is 249 g/mol. The molecule has 0 atom stereocenters. The second kappa shape index (κ2) is 6.21. The monoisotopic (exact) mass is 248 g/mol. The lowest BCUT2D eigenvalue weighted by Gasteiger charge is -2.06. The molecule has 88 valence electrons. The van der Waals surface area contributed by atoms with E-state index in [1.54, 1.807) is 12.4 Å². The molecule has 0 unspecified atom stereocenters. The molecule has 0 saturated carbocycles. The fourth-order valence-electron chi connectivity index (χ4n) is 1.44. The Bertz CT molecular complexity index is 462. The highest BCUT2D eigenvalue weighted by Gasteiger charge is 1.98. The largest absolute Gasteiger partial charge is 0.493 e. The van der Waals surface area contributed by atoms with Crippen LogP contribution in [0, 0.1) is 0 Å².